The van der Waals surface area contributed by atoms with Crippen molar-refractivity contribution in [2.75, 3.05) is 61.5 Å². The maximum absolute atomic E-state index is 13.8. The Bertz CT molecular complexity index is 1830. The molecule has 0 saturated carbocycles. The van der Waals surface area contributed by atoms with Crippen LogP contribution in [0.4, 0.5) is 17.1 Å². The molecule has 236 valence electrons. The zero-order chi connectivity index (χ0) is 31.8. The Balaban J connectivity index is 1.15. The van der Waals surface area contributed by atoms with Gasteiger partial charge in [0.2, 0.25) is 0 Å². The fourth-order valence-electron chi connectivity index (χ4n) is 7.12. The van der Waals surface area contributed by atoms with Gasteiger partial charge in [0.1, 0.15) is 5.75 Å². The molecule has 2 fully saturated rings. The number of pyridine rings is 1. The number of halogens is 1. The number of anilines is 3. The number of benzene rings is 3. The molecule has 0 spiro atoms. The van der Waals surface area contributed by atoms with Gasteiger partial charge in [0.05, 0.1) is 29.2 Å². The number of nitrogens with one attached hydrogen (secondary N) is 1. The number of fused-ring (bicyclic) bond motifs is 4. The van der Waals surface area contributed by atoms with E-state index in [0.29, 0.717) is 72.8 Å². The first-order valence-corrected chi connectivity index (χ1v) is 16.1. The standard InChI is InChI=1S/C36H36ClN5O4/c1-46-28-12-9-25(10-13-28)35(44)38-30-20-26(36(45)40-17-15-39(16-18-40)32-6-3-2-5-29(32)37)11-14-33(30)41-21-24-19-27(23-41)31-7-4-8-34(43)42(31)22-24/h2-14,20,24,27H,15-19,21-23H2,1H3,(H,38,44). The molecular weight excluding hydrogens is 602 g/mol. The Morgan fingerprint density at radius 3 is 2.33 bits per heavy atom. The minimum atomic E-state index is -0.268. The molecule has 2 saturated heterocycles. The summed E-state index contributed by atoms with van der Waals surface area (Å²) in [4.78, 5) is 46.3. The van der Waals surface area contributed by atoms with E-state index in [-0.39, 0.29) is 23.3 Å². The summed E-state index contributed by atoms with van der Waals surface area (Å²) in [5, 5.41) is 3.82. The molecule has 4 aromatic rings. The summed E-state index contributed by atoms with van der Waals surface area (Å²) in [6.45, 7) is 4.61. The maximum Gasteiger partial charge on any atom is 0.255 e. The highest BCUT2D eigenvalue weighted by Gasteiger charge is 2.35. The molecule has 3 aliphatic heterocycles. The molecule has 1 aromatic heterocycles. The van der Waals surface area contributed by atoms with Gasteiger partial charge in [-0.2, -0.15) is 0 Å². The van der Waals surface area contributed by atoms with Crippen molar-refractivity contribution in [1.29, 1.82) is 0 Å². The van der Waals surface area contributed by atoms with Gasteiger partial charge < -0.3 is 29.3 Å². The van der Waals surface area contributed by atoms with Crippen molar-refractivity contribution in [2.45, 2.75) is 18.9 Å². The minimum Gasteiger partial charge on any atom is -0.497 e. The lowest BCUT2D eigenvalue weighted by molar-refractivity contribution is 0.0746. The van der Waals surface area contributed by atoms with Gasteiger partial charge in [-0.05, 0) is 73.0 Å². The van der Waals surface area contributed by atoms with Gasteiger partial charge in [0, 0.05) is 74.6 Å². The number of methoxy groups -OCH3 is 1. The van der Waals surface area contributed by atoms with Gasteiger partial charge >= 0.3 is 0 Å². The van der Waals surface area contributed by atoms with Crippen LogP contribution < -0.4 is 25.4 Å². The van der Waals surface area contributed by atoms with Gasteiger partial charge in [-0.1, -0.05) is 29.8 Å². The Hall–Kier alpha value is -4.76. The van der Waals surface area contributed by atoms with Crippen LogP contribution in [0.5, 0.6) is 5.75 Å². The highest BCUT2D eigenvalue weighted by molar-refractivity contribution is 6.33. The molecule has 2 unspecified atom stereocenters. The van der Waals surface area contributed by atoms with Crippen molar-refractivity contribution < 1.29 is 14.3 Å². The number of nitrogens with zero attached hydrogens (tertiary/aromatic N) is 4. The van der Waals surface area contributed by atoms with E-state index in [4.69, 9.17) is 16.3 Å². The highest BCUT2D eigenvalue weighted by atomic mass is 35.5. The third kappa shape index (κ3) is 5.83. The van der Waals surface area contributed by atoms with E-state index in [9.17, 15) is 14.4 Å². The molecule has 46 heavy (non-hydrogen) atoms. The van der Waals surface area contributed by atoms with Crippen molar-refractivity contribution in [3.63, 3.8) is 0 Å². The van der Waals surface area contributed by atoms with E-state index in [0.717, 1.165) is 30.0 Å². The predicted octanol–water partition coefficient (Wildman–Crippen LogP) is 5.35. The Labute approximate surface area is 272 Å². The molecule has 3 aromatic carbocycles. The molecule has 4 heterocycles. The van der Waals surface area contributed by atoms with Crippen LogP contribution in [0.3, 0.4) is 0 Å². The molecule has 9 nitrogen and oxygen atoms in total. The first-order valence-electron chi connectivity index (χ1n) is 15.7. The summed E-state index contributed by atoms with van der Waals surface area (Å²) in [5.74, 6) is 0.818. The molecule has 10 heteroatoms. The second-order valence-electron chi connectivity index (χ2n) is 12.2. The zero-order valence-corrected chi connectivity index (χ0v) is 26.5. The van der Waals surface area contributed by atoms with Crippen molar-refractivity contribution in [3.05, 3.63) is 117 Å². The maximum atomic E-state index is 13.8. The van der Waals surface area contributed by atoms with Crippen molar-refractivity contribution in [3.8, 4) is 5.75 Å². The lowest BCUT2D eigenvalue weighted by atomic mass is 9.83. The second-order valence-corrected chi connectivity index (χ2v) is 12.7. The topological polar surface area (TPSA) is 87.1 Å². The van der Waals surface area contributed by atoms with Gasteiger partial charge in [-0.25, -0.2) is 0 Å². The number of aromatic nitrogens is 1. The molecule has 1 N–H and O–H groups in total. The highest BCUT2D eigenvalue weighted by Crippen LogP contribution is 2.39. The van der Waals surface area contributed by atoms with Crippen LogP contribution in [0.1, 0.15) is 38.7 Å². The Morgan fingerprint density at radius 1 is 0.804 bits per heavy atom. The summed E-state index contributed by atoms with van der Waals surface area (Å²) < 4.78 is 7.17. The molecule has 2 bridgehead atoms. The number of amides is 2. The number of carbonyl (C=O) groups is 2. The third-order valence-electron chi connectivity index (χ3n) is 9.42. The van der Waals surface area contributed by atoms with E-state index in [1.807, 2.05) is 64.1 Å². The fourth-order valence-corrected chi connectivity index (χ4v) is 7.37. The quantitative estimate of drug-likeness (QED) is 0.307. The van der Waals surface area contributed by atoms with E-state index in [1.54, 1.807) is 37.4 Å². The van der Waals surface area contributed by atoms with Gasteiger partial charge in [0.15, 0.2) is 0 Å². The summed E-state index contributed by atoms with van der Waals surface area (Å²) >= 11 is 6.43. The average molecular weight is 638 g/mol. The second kappa shape index (κ2) is 12.6. The fraction of sp³-hybridized carbons (Fsp3) is 0.306. The molecular formula is C36H36ClN5O4. The normalized spacial score (nSPS) is 19.0. The summed E-state index contributed by atoms with van der Waals surface area (Å²) in [6, 6.07) is 25.9. The number of piperidine rings is 1. The van der Waals surface area contributed by atoms with Crippen LogP contribution in [-0.4, -0.2) is 67.7 Å². The zero-order valence-electron chi connectivity index (χ0n) is 25.7. The van der Waals surface area contributed by atoms with Gasteiger partial charge in [-0.3, -0.25) is 14.4 Å². The summed E-state index contributed by atoms with van der Waals surface area (Å²) in [6.07, 6.45) is 1.02. The van der Waals surface area contributed by atoms with Gasteiger partial charge in [-0.15, -0.1) is 0 Å². The number of hydrogen-bond acceptors (Lipinski definition) is 6. The van der Waals surface area contributed by atoms with E-state index < -0.39 is 0 Å². The molecule has 0 radical (unpaired) electrons. The lowest BCUT2D eigenvalue weighted by Crippen LogP contribution is -2.49. The van der Waals surface area contributed by atoms with Crippen molar-refractivity contribution >= 4 is 40.5 Å². The molecule has 0 aliphatic carbocycles. The number of hydrogen-bond donors (Lipinski definition) is 1. The number of carbonyl (C=O) groups excluding carboxylic acids is 2. The molecule has 3 aliphatic rings. The van der Waals surface area contributed by atoms with Crippen LogP contribution in [0.2, 0.25) is 5.02 Å². The van der Waals surface area contributed by atoms with E-state index in [2.05, 4.69) is 15.1 Å². The SMILES string of the molecule is COc1ccc(C(=O)Nc2cc(C(=O)N3CCN(c4ccccc4Cl)CC3)ccc2N2CC3CC(C2)c2cccc(=O)n2C3)cc1. The summed E-state index contributed by atoms with van der Waals surface area (Å²) in [7, 11) is 1.59. The number of ether oxygens (including phenoxy) is 1. The first kappa shape index (κ1) is 29.9. The van der Waals surface area contributed by atoms with Crippen LogP contribution in [0.25, 0.3) is 0 Å². The predicted molar refractivity (Wildman–Crippen MR) is 181 cm³/mol. The minimum absolute atomic E-state index is 0.0451. The van der Waals surface area contributed by atoms with E-state index in [1.165, 1.54) is 0 Å². The van der Waals surface area contributed by atoms with Crippen molar-refractivity contribution in [2.24, 2.45) is 5.92 Å². The van der Waals surface area contributed by atoms with E-state index >= 15 is 0 Å². The molecule has 2 amide bonds. The summed E-state index contributed by atoms with van der Waals surface area (Å²) in [5.41, 5.74) is 4.54. The molecule has 7 rings (SSSR count). The Morgan fingerprint density at radius 2 is 1.57 bits per heavy atom. The van der Waals surface area contributed by atoms with Crippen molar-refractivity contribution in [1.82, 2.24) is 9.47 Å². The van der Waals surface area contributed by atoms with Crippen LogP contribution >= 0.6 is 11.6 Å². The largest absolute Gasteiger partial charge is 0.497 e. The average Bonchev–Trinajstić information content (AvgIpc) is 3.08. The number of rotatable bonds is 6. The van der Waals surface area contributed by atoms with Gasteiger partial charge in [0.25, 0.3) is 17.4 Å². The van der Waals surface area contributed by atoms with Crippen LogP contribution in [0, 0.1) is 5.92 Å². The molecule has 2 atom stereocenters. The number of para-hydroxylation sites is 1. The van der Waals surface area contributed by atoms with Crippen LogP contribution in [0.15, 0.2) is 89.7 Å². The van der Waals surface area contributed by atoms with Crippen LogP contribution in [-0.2, 0) is 6.54 Å². The smallest absolute Gasteiger partial charge is 0.255 e. The third-order valence-corrected chi connectivity index (χ3v) is 9.74. The Kier molecular flexibility index (Phi) is 8.17. The first-order chi connectivity index (χ1) is 22.4. The monoisotopic (exact) mass is 637 g/mol. The number of piperazine rings is 1. The lowest BCUT2D eigenvalue weighted by Gasteiger charge is -2.44.